The molecule has 1 atom stereocenters. The lowest BCUT2D eigenvalue weighted by atomic mass is 9.96. The summed E-state index contributed by atoms with van der Waals surface area (Å²) in [5, 5.41) is 9.32. The number of carbonyl (C=O) groups excluding carboxylic acids is 2. The number of pyridine rings is 1. The monoisotopic (exact) mass is 549 g/mol. The van der Waals surface area contributed by atoms with Crippen LogP contribution in [0.5, 0.6) is 0 Å². The lowest BCUT2D eigenvalue weighted by Gasteiger charge is -2.18. The summed E-state index contributed by atoms with van der Waals surface area (Å²) in [7, 11) is 0. The first-order valence-electron chi connectivity index (χ1n) is 13.0. The van der Waals surface area contributed by atoms with Crippen molar-refractivity contribution < 1.29 is 18.4 Å². The number of anilines is 2. The molecule has 0 fully saturated rings. The Morgan fingerprint density at radius 2 is 1.78 bits per heavy atom. The maximum Gasteiger partial charge on any atom is 0.270 e. The molecule has 1 aliphatic rings. The zero-order chi connectivity index (χ0) is 28.7. The van der Waals surface area contributed by atoms with E-state index in [0.29, 0.717) is 11.4 Å². The van der Waals surface area contributed by atoms with Crippen molar-refractivity contribution in [1.82, 2.24) is 9.97 Å². The van der Waals surface area contributed by atoms with Crippen LogP contribution in [0.3, 0.4) is 0 Å². The summed E-state index contributed by atoms with van der Waals surface area (Å²) in [6.45, 7) is 2.39. The van der Waals surface area contributed by atoms with E-state index in [4.69, 9.17) is 0 Å². The van der Waals surface area contributed by atoms with Gasteiger partial charge in [0.05, 0.1) is 11.4 Å². The third-order valence-corrected chi connectivity index (χ3v) is 7.09. The van der Waals surface area contributed by atoms with E-state index in [0.717, 1.165) is 40.1 Å². The van der Waals surface area contributed by atoms with Gasteiger partial charge in [0, 0.05) is 53.2 Å². The molecule has 9 heteroatoms. The standard InChI is InChI=1S/C32H25F2N5O2/c1-19-29(30(40)37-24-8-3-7-23(17-24)32(2,33)34)31(41)39(38-19)25-15-21(20-6-5-12-35-18-20)14-22(16-25)26-9-4-10-28-27(26)11-13-36-28/h3-18,29,36H,1-2H3,(H,37,40). The van der Waals surface area contributed by atoms with Crippen LogP contribution >= 0.6 is 0 Å². The smallest absolute Gasteiger partial charge is 0.270 e. The van der Waals surface area contributed by atoms with E-state index in [1.54, 1.807) is 19.3 Å². The Hall–Kier alpha value is -5.18. The number of aromatic amines is 1. The van der Waals surface area contributed by atoms with Crippen molar-refractivity contribution in [2.24, 2.45) is 11.0 Å². The second kappa shape index (κ2) is 10.1. The molecule has 2 amide bonds. The molecule has 7 nitrogen and oxygen atoms in total. The maximum absolute atomic E-state index is 13.8. The summed E-state index contributed by atoms with van der Waals surface area (Å²) in [5.41, 5.74) is 5.19. The van der Waals surface area contributed by atoms with Crippen LogP contribution in [0.25, 0.3) is 33.2 Å². The number of aromatic nitrogens is 2. The van der Waals surface area contributed by atoms with Crippen molar-refractivity contribution >= 4 is 39.8 Å². The highest BCUT2D eigenvalue weighted by Crippen LogP contribution is 2.37. The van der Waals surface area contributed by atoms with Gasteiger partial charge in [-0.15, -0.1) is 0 Å². The fraction of sp³-hybridized carbons (Fsp3) is 0.125. The van der Waals surface area contributed by atoms with E-state index in [1.165, 1.54) is 29.3 Å². The van der Waals surface area contributed by atoms with Crippen LogP contribution in [-0.2, 0) is 15.5 Å². The molecule has 0 saturated carbocycles. The number of hydrazone groups is 1. The number of hydrogen-bond donors (Lipinski definition) is 2. The molecule has 5 aromatic rings. The second-order valence-corrected chi connectivity index (χ2v) is 10.0. The van der Waals surface area contributed by atoms with E-state index in [2.05, 4.69) is 20.4 Å². The minimum absolute atomic E-state index is 0.175. The van der Waals surface area contributed by atoms with Crippen LogP contribution in [0.2, 0.25) is 0 Å². The van der Waals surface area contributed by atoms with Gasteiger partial charge in [-0.3, -0.25) is 14.6 Å². The van der Waals surface area contributed by atoms with Crippen molar-refractivity contribution in [2.75, 3.05) is 10.3 Å². The Kier molecular flexibility index (Phi) is 6.42. The lowest BCUT2D eigenvalue weighted by molar-refractivity contribution is -0.127. The van der Waals surface area contributed by atoms with Crippen molar-refractivity contribution in [1.29, 1.82) is 0 Å². The highest BCUT2D eigenvalue weighted by molar-refractivity contribution is 6.28. The van der Waals surface area contributed by atoms with Gasteiger partial charge >= 0.3 is 0 Å². The topological polar surface area (TPSA) is 90.5 Å². The summed E-state index contributed by atoms with van der Waals surface area (Å²) < 4.78 is 27.6. The minimum atomic E-state index is -3.07. The molecule has 6 rings (SSSR count). The average Bonchev–Trinajstić information content (AvgIpc) is 3.56. The van der Waals surface area contributed by atoms with Crippen LogP contribution < -0.4 is 10.3 Å². The normalized spacial score (nSPS) is 15.3. The van der Waals surface area contributed by atoms with Crippen LogP contribution in [0.1, 0.15) is 19.4 Å². The first-order valence-corrected chi connectivity index (χ1v) is 13.0. The number of amides is 2. The molecule has 0 bridgehead atoms. The Balaban J connectivity index is 1.36. The number of H-pyrrole nitrogens is 1. The molecule has 41 heavy (non-hydrogen) atoms. The van der Waals surface area contributed by atoms with Gasteiger partial charge in [-0.2, -0.15) is 10.1 Å². The van der Waals surface area contributed by atoms with Gasteiger partial charge in [0.15, 0.2) is 5.92 Å². The van der Waals surface area contributed by atoms with Gasteiger partial charge in [0.1, 0.15) is 0 Å². The lowest BCUT2D eigenvalue weighted by Crippen LogP contribution is -2.36. The van der Waals surface area contributed by atoms with Crippen molar-refractivity contribution in [2.45, 2.75) is 19.8 Å². The number of nitrogens with one attached hydrogen (secondary N) is 2. The second-order valence-electron chi connectivity index (χ2n) is 10.0. The molecule has 0 radical (unpaired) electrons. The molecule has 3 heterocycles. The SMILES string of the molecule is CC1=NN(c2cc(-c3cccnc3)cc(-c3cccc4[nH]ccc34)c2)C(=O)C1C(=O)Nc1cccc(C(C)(F)F)c1. The molecular weight excluding hydrogens is 524 g/mol. The zero-order valence-corrected chi connectivity index (χ0v) is 22.2. The molecule has 0 saturated heterocycles. The number of carbonyl (C=O) groups is 2. The maximum atomic E-state index is 13.8. The molecule has 204 valence electrons. The zero-order valence-electron chi connectivity index (χ0n) is 22.2. The fourth-order valence-corrected chi connectivity index (χ4v) is 5.06. The average molecular weight is 550 g/mol. The van der Waals surface area contributed by atoms with E-state index in [9.17, 15) is 18.4 Å². The van der Waals surface area contributed by atoms with Gasteiger partial charge in [0.2, 0.25) is 5.91 Å². The van der Waals surface area contributed by atoms with Gasteiger partial charge in [-0.1, -0.05) is 30.3 Å². The number of nitrogens with zero attached hydrogens (tertiary/aromatic N) is 3. The van der Waals surface area contributed by atoms with Gasteiger partial charge in [0.25, 0.3) is 11.8 Å². The van der Waals surface area contributed by atoms with Gasteiger partial charge in [-0.25, -0.2) is 8.78 Å². The minimum Gasteiger partial charge on any atom is -0.361 e. The molecule has 3 aromatic carbocycles. The van der Waals surface area contributed by atoms with Gasteiger partial charge in [-0.05, 0) is 72.1 Å². The van der Waals surface area contributed by atoms with Crippen LogP contribution in [0, 0.1) is 5.92 Å². The number of rotatable bonds is 6. The predicted molar refractivity (Wildman–Crippen MR) is 156 cm³/mol. The van der Waals surface area contributed by atoms with Crippen LogP contribution in [0.15, 0.2) is 103 Å². The Bertz CT molecular complexity index is 1830. The predicted octanol–water partition coefficient (Wildman–Crippen LogP) is 6.99. The number of fused-ring (bicyclic) bond motifs is 1. The van der Waals surface area contributed by atoms with Crippen molar-refractivity contribution in [3.8, 4) is 22.3 Å². The number of alkyl halides is 2. The molecule has 0 spiro atoms. The highest BCUT2D eigenvalue weighted by atomic mass is 19.3. The summed E-state index contributed by atoms with van der Waals surface area (Å²) in [6, 6.07) is 22.9. The summed E-state index contributed by atoms with van der Waals surface area (Å²) in [5.74, 6) is -5.46. The Morgan fingerprint density at radius 3 is 2.56 bits per heavy atom. The summed E-state index contributed by atoms with van der Waals surface area (Å²) in [6.07, 6.45) is 5.30. The fourth-order valence-electron chi connectivity index (χ4n) is 5.06. The first-order chi connectivity index (χ1) is 19.7. The Morgan fingerprint density at radius 1 is 0.976 bits per heavy atom. The third kappa shape index (κ3) is 4.98. The molecular formula is C32H25F2N5O2. The first kappa shape index (κ1) is 26.1. The number of halogens is 2. The quantitative estimate of drug-likeness (QED) is 0.224. The Labute approximate surface area is 234 Å². The molecule has 1 unspecified atom stereocenters. The number of hydrogen-bond acceptors (Lipinski definition) is 4. The van der Waals surface area contributed by atoms with Crippen LogP contribution in [0.4, 0.5) is 20.2 Å². The summed E-state index contributed by atoms with van der Waals surface area (Å²) >= 11 is 0. The third-order valence-electron chi connectivity index (χ3n) is 7.09. The molecule has 2 aromatic heterocycles. The van der Waals surface area contributed by atoms with E-state index in [1.807, 2.05) is 60.8 Å². The summed E-state index contributed by atoms with van der Waals surface area (Å²) in [4.78, 5) is 34.4. The molecule has 2 N–H and O–H groups in total. The largest absolute Gasteiger partial charge is 0.361 e. The van der Waals surface area contributed by atoms with E-state index in [-0.39, 0.29) is 11.3 Å². The van der Waals surface area contributed by atoms with E-state index < -0.39 is 23.7 Å². The van der Waals surface area contributed by atoms with Crippen molar-refractivity contribution in [3.63, 3.8) is 0 Å². The highest BCUT2D eigenvalue weighted by Gasteiger charge is 2.40. The van der Waals surface area contributed by atoms with E-state index >= 15 is 0 Å². The molecule has 1 aliphatic heterocycles. The molecule has 0 aliphatic carbocycles. The van der Waals surface area contributed by atoms with Crippen molar-refractivity contribution in [3.05, 3.63) is 103 Å². The van der Waals surface area contributed by atoms with Crippen LogP contribution in [-0.4, -0.2) is 27.5 Å². The number of benzene rings is 3. The van der Waals surface area contributed by atoms with Gasteiger partial charge < -0.3 is 10.3 Å².